The fraction of sp³-hybridized carbons (Fsp3) is 0.333. The molecule has 0 fully saturated rings. The van der Waals surface area contributed by atoms with E-state index in [1.165, 1.54) is 16.0 Å². The smallest absolute Gasteiger partial charge is 0.255 e. The standard InChI is InChI=1S/C24H30N4O/c1-5-27(6-2)17-21-13-11-10-12-20(21)16-25-24(29)23-18(3)26-28(19(23)4)22-14-8-7-9-15-22/h7-15H,5-6,16-17H2,1-4H3,(H,25,29)/p+1. The van der Waals surface area contributed by atoms with Crippen LogP contribution in [0.25, 0.3) is 5.69 Å². The van der Waals surface area contributed by atoms with Crippen molar-refractivity contribution < 1.29 is 9.69 Å². The molecular formula is C24H31N4O+. The molecule has 5 nitrogen and oxygen atoms in total. The maximum atomic E-state index is 13.0. The number of rotatable bonds is 8. The van der Waals surface area contributed by atoms with Gasteiger partial charge in [-0.15, -0.1) is 0 Å². The first-order chi connectivity index (χ1) is 14.0. The Morgan fingerprint density at radius 2 is 1.59 bits per heavy atom. The third-order valence-electron chi connectivity index (χ3n) is 5.52. The molecule has 1 amide bonds. The average Bonchev–Trinajstić information content (AvgIpc) is 3.05. The van der Waals surface area contributed by atoms with Crippen molar-refractivity contribution in [2.45, 2.75) is 40.8 Å². The first-order valence-corrected chi connectivity index (χ1v) is 10.3. The molecule has 2 N–H and O–H groups in total. The normalized spacial score (nSPS) is 11.1. The van der Waals surface area contributed by atoms with E-state index in [0.717, 1.165) is 36.7 Å². The van der Waals surface area contributed by atoms with Gasteiger partial charge in [0.25, 0.3) is 5.91 Å². The molecule has 5 heteroatoms. The number of carbonyl (C=O) groups excluding carboxylic acids is 1. The zero-order valence-electron chi connectivity index (χ0n) is 17.8. The monoisotopic (exact) mass is 391 g/mol. The van der Waals surface area contributed by atoms with E-state index in [4.69, 9.17) is 0 Å². The summed E-state index contributed by atoms with van der Waals surface area (Å²) in [5.41, 5.74) is 5.67. The van der Waals surface area contributed by atoms with Gasteiger partial charge < -0.3 is 10.2 Å². The molecule has 0 radical (unpaired) electrons. The number of nitrogens with zero attached hydrogens (tertiary/aromatic N) is 2. The molecule has 29 heavy (non-hydrogen) atoms. The summed E-state index contributed by atoms with van der Waals surface area (Å²) in [7, 11) is 0. The van der Waals surface area contributed by atoms with Crippen LogP contribution in [0.4, 0.5) is 0 Å². The second-order valence-electron chi connectivity index (χ2n) is 7.38. The first-order valence-electron chi connectivity index (χ1n) is 10.3. The average molecular weight is 392 g/mol. The summed E-state index contributed by atoms with van der Waals surface area (Å²) >= 11 is 0. The molecule has 152 valence electrons. The molecule has 0 atom stereocenters. The van der Waals surface area contributed by atoms with Crippen molar-refractivity contribution >= 4 is 5.91 Å². The number of quaternary nitrogens is 1. The Bertz CT molecular complexity index is 958. The fourth-order valence-electron chi connectivity index (χ4n) is 3.73. The number of hydrogen-bond donors (Lipinski definition) is 2. The second-order valence-corrected chi connectivity index (χ2v) is 7.38. The van der Waals surface area contributed by atoms with Gasteiger partial charge in [0, 0.05) is 12.1 Å². The van der Waals surface area contributed by atoms with Crippen molar-refractivity contribution in [3.8, 4) is 5.69 Å². The molecule has 2 aromatic carbocycles. The van der Waals surface area contributed by atoms with Crippen LogP contribution in [0.1, 0.15) is 46.7 Å². The lowest BCUT2D eigenvalue weighted by Crippen LogP contribution is -3.10. The zero-order chi connectivity index (χ0) is 20.8. The van der Waals surface area contributed by atoms with Gasteiger partial charge >= 0.3 is 0 Å². The molecular weight excluding hydrogens is 360 g/mol. The summed E-state index contributed by atoms with van der Waals surface area (Å²) in [6.45, 7) is 11.9. The highest BCUT2D eigenvalue weighted by molar-refractivity contribution is 5.96. The van der Waals surface area contributed by atoms with E-state index in [9.17, 15) is 4.79 Å². The van der Waals surface area contributed by atoms with Gasteiger partial charge in [-0.1, -0.05) is 42.5 Å². The van der Waals surface area contributed by atoms with E-state index in [0.29, 0.717) is 12.1 Å². The Morgan fingerprint density at radius 1 is 0.966 bits per heavy atom. The number of nitrogens with one attached hydrogen (secondary N) is 2. The van der Waals surface area contributed by atoms with Crippen LogP contribution in [0, 0.1) is 13.8 Å². The fourth-order valence-corrected chi connectivity index (χ4v) is 3.73. The number of aromatic nitrogens is 2. The Hall–Kier alpha value is -2.92. The van der Waals surface area contributed by atoms with Gasteiger partial charge in [-0.25, -0.2) is 4.68 Å². The second kappa shape index (κ2) is 9.52. The van der Waals surface area contributed by atoms with Crippen molar-refractivity contribution in [3.63, 3.8) is 0 Å². The largest absolute Gasteiger partial charge is 0.348 e. The Morgan fingerprint density at radius 3 is 2.24 bits per heavy atom. The number of aryl methyl sites for hydroxylation is 1. The van der Waals surface area contributed by atoms with Gasteiger partial charge in [-0.05, 0) is 45.4 Å². The third-order valence-corrected chi connectivity index (χ3v) is 5.52. The minimum absolute atomic E-state index is 0.0767. The van der Waals surface area contributed by atoms with E-state index in [1.54, 1.807) is 0 Å². The van der Waals surface area contributed by atoms with Crippen molar-refractivity contribution in [2.24, 2.45) is 0 Å². The van der Waals surface area contributed by atoms with Crippen molar-refractivity contribution in [1.29, 1.82) is 0 Å². The van der Waals surface area contributed by atoms with Crippen LogP contribution in [0.3, 0.4) is 0 Å². The van der Waals surface area contributed by atoms with Gasteiger partial charge in [0.05, 0.1) is 35.7 Å². The van der Waals surface area contributed by atoms with Gasteiger partial charge in [0.1, 0.15) is 6.54 Å². The van der Waals surface area contributed by atoms with E-state index in [2.05, 4.69) is 42.5 Å². The molecule has 1 aromatic heterocycles. The topological polar surface area (TPSA) is 51.4 Å². The highest BCUT2D eigenvalue weighted by atomic mass is 16.1. The molecule has 0 unspecified atom stereocenters. The minimum atomic E-state index is -0.0767. The first kappa shape index (κ1) is 20.8. The quantitative estimate of drug-likeness (QED) is 0.620. The third kappa shape index (κ3) is 4.74. The number of benzene rings is 2. The molecule has 0 saturated carbocycles. The van der Waals surface area contributed by atoms with Crippen LogP contribution in [0.5, 0.6) is 0 Å². The lowest BCUT2D eigenvalue weighted by Gasteiger charge is -2.18. The number of amides is 1. The number of para-hydroxylation sites is 1. The van der Waals surface area contributed by atoms with E-state index in [-0.39, 0.29) is 5.91 Å². The molecule has 0 bridgehead atoms. The summed E-state index contributed by atoms with van der Waals surface area (Å²) < 4.78 is 1.84. The molecule has 1 heterocycles. The molecule has 0 spiro atoms. The number of hydrogen-bond acceptors (Lipinski definition) is 2. The maximum absolute atomic E-state index is 13.0. The molecule has 0 aliphatic rings. The van der Waals surface area contributed by atoms with Gasteiger partial charge in [-0.3, -0.25) is 4.79 Å². The van der Waals surface area contributed by atoms with E-state index < -0.39 is 0 Å². The van der Waals surface area contributed by atoms with E-state index in [1.807, 2.05) is 54.9 Å². The summed E-state index contributed by atoms with van der Waals surface area (Å²) in [5.74, 6) is -0.0767. The van der Waals surface area contributed by atoms with Crippen molar-refractivity contribution in [3.05, 3.63) is 82.7 Å². The maximum Gasteiger partial charge on any atom is 0.255 e. The number of carbonyl (C=O) groups is 1. The van der Waals surface area contributed by atoms with Crippen LogP contribution in [0.2, 0.25) is 0 Å². The Labute approximate surface area is 173 Å². The predicted octanol–water partition coefficient (Wildman–Crippen LogP) is 2.84. The van der Waals surface area contributed by atoms with E-state index >= 15 is 0 Å². The lowest BCUT2D eigenvalue weighted by molar-refractivity contribution is -0.910. The zero-order valence-corrected chi connectivity index (χ0v) is 17.8. The highest BCUT2D eigenvalue weighted by Crippen LogP contribution is 2.18. The summed E-state index contributed by atoms with van der Waals surface area (Å²) in [6, 6.07) is 18.3. The summed E-state index contributed by atoms with van der Waals surface area (Å²) in [4.78, 5) is 14.5. The Kier molecular flexibility index (Phi) is 6.83. The molecule has 0 saturated heterocycles. The Balaban J connectivity index is 1.77. The minimum Gasteiger partial charge on any atom is -0.348 e. The summed E-state index contributed by atoms with van der Waals surface area (Å²) in [5, 5.41) is 7.70. The van der Waals surface area contributed by atoms with Crippen molar-refractivity contribution in [2.75, 3.05) is 13.1 Å². The van der Waals surface area contributed by atoms with Crippen LogP contribution in [0.15, 0.2) is 54.6 Å². The molecule has 3 rings (SSSR count). The summed E-state index contributed by atoms with van der Waals surface area (Å²) in [6.07, 6.45) is 0. The predicted molar refractivity (Wildman–Crippen MR) is 116 cm³/mol. The molecule has 3 aromatic rings. The molecule has 0 aliphatic heterocycles. The lowest BCUT2D eigenvalue weighted by atomic mass is 10.1. The van der Waals surface area contributed by atoms with Crippen LogP contribution < -0.4 is 10.2 Å². The van der Waals surface area contributed by atoms with Crippen LogP contribution >= 0.6 is 0 Å². The highest BCUT2D eigenvalue weighted by Gasteiger charge is 2.19. The SMILES string of the molecule is CC[NH+](CC)Cc1ccccc1CNC(=O)c1c(C)nn(-c2ccccc2)c1C. The van der Waals surface area contributed by atoms with Gasteiger partial charge in [-0.2, -0.15) is 5.10 Å². The van der Waals surface area contributed by atoms with Crippen LogP contribution in [-0.2, 0) is 13.1 Å². The van der Waals surface area contributed by atoms with Crippen LogP contribution in [-0.4, -0.2) is 28.8 Å². The van der Waals surface area contributed by atoms with Crippen molar-refractivity contribution in [1.82, 2.24) is 15.1 Å². The van der Waals surface area contributed by atoms with Gasteiger partial charge in [0.15, 0.2) is 0 Å². The van der Waals surface area contributed by atoms with Gasteiger partial charge in [0.2, 0.25) is 0 Å². The molecule has 0 aliphatic carbocycles.